The topological polar surface area (TPSA) is 90.8 Å². The monoisotopic (exact) mass is 398 g/mol. The Bertz CT molecular complexity index is 952. The van der Waals surface area contributed by atoms with E-state index in [4.69, 9.17) is 16.3 Å². The maximum atomic E-state index is 12.1. The molecule has 0 aliphatic heterocycles. The van der Waals surface area contributed by atoms with E-state index < -0.39 is 5.91 Å². The molecule has 0 aliphatic rings. The highest BCUT2D eigenvalue weighted by Gasteiger charge is 2.16. The molecule has 0 radical (unpaired) electrons. The van der Waals surface area contributed by atoms with E-state index in [1.54, 1.807) is 24.3 Å². The third kappa shape index (κ3) is 5.26. The Kier molecular flexibility index (Phi) is 6.36. The van der Waals surface area contributed by atoms with Crippen LogP contribution in [0.1, 0.15) is 11.1 Å². The summed E-state index contributed by atoms with van der Waals surface area (Å²) < 4.78 is 5.39. The van der Waals surface area contributed by atoms with Crippen LogP contribution in [0.5, 0.6) is 5.75 Å². The van der Waals surface area contributed by atoms with E-state index in [1.807, 2.05) is 30.3 Å². The summed E-state index contributed by atoms with van der Waals surface area (Å²) in [5.74, 6) is 1.06. The molecule has 0 fully saturated rings. The number of rotatable bonds is 7. The summed E-state index contributed by atoms with van der Waals surface area (Å²) >= 11 is 7.23. The number of amides is 1. The Hall–Kier alpha value is -2.95. The highest BCUT2D eigenvalue weighted by molar-refractivity contribution is 7.98. The Morgan fingerprint density at radius 3 is 2.67 bits per heavy atom. The molecule has 0 bridgehead atoms. The molecular formula is C19H15ClN4O2S. The van der Waals surface area contributed by atoms with Crippen LogP contribution in [0.15, 0.2) is 59.6 Å². The van der Waals surface area contributed by atoms with Gasteiger partial charge < -0.3 is 10.1 Å². The Morgan fingerprint density at radius 2 is 1.96 bits per heavy atom. The summed E-state index contributed by atoms with van der Waals surface area (Å²) in [5, 5.41) is 20.0. The van der Waals surface area contributed by atoms with Crippen molar-refractivity contribution < 1.29 is 9.53 Å². The van der Waals surface area contributed by atoms with Crippen molar-refractivity contribution in [3.8, 4) is 11.8 Å². The van der Waals surface area contributed by atoms with E-state index in [2.05, 4.69) is 21.6 Å². The molecule has 6 nitrogen and oxygen atoms in total. The number of H-pyrrole nitrogens is 1. The minimum atomic E-state index is -0.398. The Morgan fingerprint density at radius 1 is 1.22 bits per heavy atom. The highest BCUT2D eigenvalue weighted by Crippen LogP contribution is 2.28. The van der Waals surface area contributed by atoms with Gasteiger partial charge in [-0.1, -0.05) is 53.7 Å². The number of aromatic nitrogens is 2. The van der Waals surface area contributed by atoms with E-state index in [9.17, 15) is 10.1 Å². The fourth-order valence-corrected chi connectivity index (χ4v) is 3.23. The third-order valence-electron chi connectivity index (χ3n) is 3.51. The zero-order valence-corrected chi connectivity index (χ0v) is 15.7. The number of anilines is 1. The number of ether oxygens (including phenoxy) is 1. The van der Waals surface area contributed by atoms with E-state index >= 15 is 0 Å². The molecule has 3 aromatic rings. The summed E-state index contributed by atoms with van der Waals surface area (Å²) in [4.78, 5) is 12.1. The summed E-state index contributed by atoms with van der Waals surface area (Å²) in [6.45, 7) is -0.196. The number of thioether (sulfide) groups is 1. The van der Waals surface area contributed by atoms with Crippen LogP contribution >= 0.6 is 23.4 Å². The molecule has 2 aromatic carbocycles. The molecule has 1 amide bonds. The maximum Gasteiger partial charge on any atom is 0.263 e. The number of nitrogens with one attached hydrogen (secondary N) is 2. The number of aromatic amines is 1. The van der Waals surface area contributed by atoms with Gasteiger partial charge >= 0.3 is 0 Å². The van der Waals surface area contributed by atoms with Crippen LogP contribution < -0.4 is 10.1 Å². The van der Waals surface area contributed by atoms with Gasteiger partial charge in [0.2, 0.25) is 0 Å². The van der Waals surface area contributed by atoms with E-state index in [-0.39, 0.29) is 12.4 Å². The van der Waals surface area contributed by atoms with Crippen LogP contribution in [0, 0.1) is 11.3 Å². The average Bonchev–Trinajstić information content (AvgIpc) is 3.08. The van der Waals surface area contributed by atoms with Gasteiger partial charge in [-0.3, -0.25) is 9.89 Å². The quantitative estimate of drug-likeness (QED) is 0.581. The van der Waals surface area contributed by atoms with Gasteiger partial charge in [-0.25, -0.2) is 0 Å². The maximum absolute atomic E-state index is 12.1. The van der Waals surface area contributed by atoms with Crippen LogP contribution in [0.3, 0.4) is 0 Å². The molecule has 0 atom stereocenters. The van der Waals surface area contributed by atoms with Gasteiger partial charge in [0.05, 0.1) is 0 Å². The summed E-state index contributed by atoms with van der Waals surface area (Å²) in [6.07, 6.45) is 0. The SMILES string of the molecule is N#Cc1c(SCc2ccccc2)n[nH]c1NC(=O)COc1ccc(Cl)cc1. The van der Waals surface area contributed by atoms with Crippen LogP contribution in [0.4, 0.5) is 5.82 Å². The highest BCUT2D eigenvalue weighted by atomic mass is 35.5. The van der Waals surface area contributed by atoms with Gasteiger partial charge in [0.15, 0.2) is 6.61 Å². The molecule has 0 spiro atoms. The minimum Gasteiger partial charge on any atom is -0.484 e. The summed E-state index contributed by atoms with van der Waals surface area (Å²) in [6, 6.07) is 18.6. The lowest BCUT2D eigenvalue weighted by Crippen LogP contribution is -2.20. The zero-order chi connectivity index (χ0) is 19.1. The number of benzene rings is 2. The van der Waals surface area contributed by atoms with Crippen LogP contribution in [0.2, 0.25) is 5.02 Å². The van der Waals surface area contributed by atoms with Gasteiger partial charge in [-0.05, 0) is 29.8 Å². The van der Waals surface area contributed by atoms with Crippen molar-refractivity contribution in [1.82, 2.24) is 10.2 Å². The van der Waals surface area contributed by atoms with Crippen LogP contribution in [-0.4, -0.2) is 22.7 Å². The normalized spacial score (nSPS) is 10.2. The molecule has 2 N–H and O–H groups in total. The zero-order valence-electron chi connectivity index (χ0n) is 14.1. The second kappa shape index (κ2) is 9.12. The first-order chi connectivity index (χ1) is 13.2. The van der Waals surface area contributed by atoms with Crippen molar-refractivity contribution in [2.24, 2.45) is 0 Å². The van der Waals surface area contributed by atoms with Crippen molar-refractivity contribution in [3.05, 3.63) is 70.7 Å². The predicted molar refractivity (Wildman–Crippen MR) is 105 cm³/mol. The van der Waals surface area contributed by atoms with Gasteiger partial charge in [0.1, 0.15) is 28.2 Å². The first-order valence-electron chi connectivity index (χ1n) is 7.99. The molecular weight excluding hydrogens is 384 g/mol. The minimum absolute atomic E-state index is 0.196. The van der Waals surface area contributed by atoms with E-state index in [0.29, 0.717) is 27.1 Å². The second-order valence-electron chi connectivity index (χ2n) is 5.46. The summed E-state index contributed by atoms with van der Waals surface area (Å²) in [5.41, 5.74) is 1.42. The van der Waals surface area contributed by atoms with Crippen molar-refractivity contribution in [2.45, 2.75) is 10.8 Å². The average molecular weight is 399 g/mol. The van der Waals surface area contributed by atoms with Crippen molar-refractivity contribution in [2.75, 3.05) is 11.9 Å². The number of carbonyl (C=O) groups excluding carboxylic acids is 1. The molecule has 0 unspecified atom stereocenters. The predicted octanol–water partition coefficient (Wildman–Crippen LogP) is 4.24. The Labute approximate surface area is 165 Å². The number of carbonyl (C=O) groups is 1. The molecule has 0 aliphatic carbocycles. The van der Waals surface area contributed by atoms with Crippen LogP contribution in [-0.2, 0) is 10.5 Å². The van der Waals surface area contributed by atoms with Crippen molar-refractivity contribution in [1.29, 1.82) is 5.26 Å². The lowest BCUT2D eigenvalue weighted by Gasteiger charge is -2.06. The fourth-order valence-electron chi connectivity index (χ4n) is 2.21. The second-order valence-corrected chi connectivity index (χ2v) is 6.86. The fraction of sp³-hybridized carbons (Fsp3) is 0.105. The number of nitriles is 1. The van der Waals surface area contributed by atoms with Gasteiger partial charge in [-0.2, -0.15) is 10.4 Å². The van der Waals surface area contributed by atoms with Gasteiger partial charge in [0, 0.05) is 10.8 Å². The third-order valence-corrected chi connectivity index (χ3v) is 4.81. The summed E-state index contributed by atoms with van der Waals surface area (Å²) in [7, 11) is 0. The molecule has 27 heavy (non-hydrogen) atoms. The molecule has 136 valence electrons. The first kappa shape index (κ1) is 18.8. The molecule has 0 saturated heterocycles. The molecule has 1 heterocycles. The molecule has 3 rings (SSSR count). The van der Waals surface area contributed by atoms with Crippen molar-refractivity contribution >= 4 is 35.1 Å². The van der Waals surface area contributed by atoms with E-state index in [1.165, 1.54) is 11.8 Å². The molecule has 0 saturated carbocycles. The van der Waals surface area contributed by atoms with E-state index in [0.717, 1.165) is 5.56 Å². The smallest absolute Gasteiger partial charge is 0.263 e. The van der Waals surface area contributed by atoms with Crippen LogP contribution in [0.25, 0.3) is 0 Å². The largest absolute Gasteiger partial charge is 0.484 e. The standard InChI is InChI=1S/C19H15ClN4O2S/c20-14-6-8-15(9-7-14)26-11-17(25)22-18-16(10-21)19(24-23-18)27-12-13-4-2-1-3-5-13/h1-9H,11-12H2,(H2,22,23,24,25). The van der Waals surface area contributed by atoms with Gasteiger partial charge in [0.25, 0.3) is 5.91 Å². The number of hydrogen-bond acceptors (Lipinski definition) is 5. The first-order valence-corrected chi connectivity index (χ1v) is 9.35. The number of halogens is 1. The number of nitrogens with zero attached hydrogens (tertiary/aromatic N) is 2. The molecule has 1 aromatic heterocycles. The molecule has 8 heteroatoms. The number of hydrogen-bond donors (Lipinski definition) is 2. The Balaban J connectivity index is 1.58. The van der Waals surface area contributed by atoms with Crippen molar-refractivity contribution in [3.63, 3.8) is 0 Å². The van der Waals surface area contributed by atoms with Gasteiger partial charge in [-0.15, -0.1) is 0 Å². The lowest BCUT2D eigenvalue weighted by molar-refractivity contribution is -0.118. The lowest BCUT2D eigenvalue weighted by atomic mass is 10.2.